The monoisotopic (exact) mass is 377 g/mol. The van der Waals surface area contributed by atoms with Gasteiger partial charge in [0.05, 0.1) is 10.6 Å². The summed E-state index contributed by atoms with van der Waals surface area (Å²) >= 11 is 5.49. The topological polar surface area (TPSA) is 83.5 Å². The third-order valence-corrected chi connectivity index (χ3v) is 3.58. The molecule has 0 aliphatic heterocycles. The van der Waals surface area contributed by atoms with Gasteiger partial charge in [-0.25, -0.2) is 13.2 Å². The minimum absolute atomic E-state index is 0.159. The molecule has 23 heavy (non-hydrogen) atoms. The average Bonchev–Trinajstić information content (AvgIpc) is 2.35. The van der Waals surface area contributed by atoms with Crippen molar-refractivity contribution in [3.8, 4) is 0 Å². The second-order valence-electron chi connectivity index (χ2n) is 4.08. The van der Waals surface area contributed by atoms with E-state index in [4.69, 9.17) is 19.4 Å². The van der Waals surface area contributed by atoms with Crippen LogP contribution in [-0.4, -0.2) is 44.3 Å². The maximum Gasteiger partial charge on any atom is 0.432 e. The zero-order valence-corrected chi connectivity index (χ0v) is 12.2. The van der Waals surface area contributed by atoms with Crippen LogP contribution in [0.25, 0.3) is 0 Å². The second kappa shape index (κ2) is 6.25. The van der Waals surface area contributed by atoms with Gasteiger partial charge in [-0.05, 0) is 6.07 Å². The number of benzene rings is 1. The summed E-state index contributed by atoms with van der Waals surface area (Å²) in [7, 11) is -1.51. The van der Waals surface area contributed by atoms with Crippen molar-refractivity contribution in [3.63, 3.8) is 0 Å². The summed E-state index contributed by atoms with van der Waals surface area (Å²) in [4.78, 5) is 11.6. The van der Waals surface area contributed by atoms with Crippen molar-refractivity contribution in [2.75, 3.05) is 0 Å². The summed E-state index contributed by atoms with van der Waals surface area (Å²) in [6.45, 7) is 0. The highest BCUT2D eigenvalue weighted by Crippen LogP contribution is 2.38. The van der Waals surface area contributed by atoms with Crippen LogP contribution >= 0.6 is 11.6 Å². The highest BCUT2D eigenvalue weighted by atomic mass is 35.5. The highest BCUT2D eigenvalue weighted by Gasteiger charge is 2.63. The van der Waals surface area contributed by atoms with E-state index >= 15 is 0 Å². The normalized spacial score (nSPS) is 14.4. The van der Waals surface area contributed by atoms with Crippen molar-refractivity contribution < 1.29 is 44.5 Å². The molecule has 1 rings (SSSR count). The first-order valence-electron chi connectivity index (χ1n) is 5.34. The summed E-state index contributed by atoms with van der Waals surface area (Å²) in [5, 5.41) is -6.42. The third kappa shape index (κ3) is 4.33. The van der Waals surface area contributed by atoms with Gasteiger partial charge in [-0.1, -0.05) is 29.2 Å². The van der Waals surface area contributed by atoms with Gasteiger partial charge in [-0.3, -0.25) is 0 Å². The number of carbonyl (C=O) groups excluding carboxylic acids is 1. The molecule has 0 aliphatic rings. The molecular formula is C10H4BClF5O5S-. The quantitative estimate of drug-likeness (QED) is 0.342. The molecule has 0 fully saturated rings. The molecule has 1 aromatic rings. The molecule has 13 heteroatoms. The maximum atomic E-state index is 13.2. The molecule has 2 radical (unpaired) electrons. The predicted octanol–water partition coefficient (Wildman–Crippen LogP) is 1.36. The molecule has 0 N–H and O–H groups in total. The van der Waals surface area contributed by atoms with Gasteiger partial charge in [0, 0.05) is 0 Å². The largest absolute Gasteiger partial charge is 0.743 e. The van der Waals surface area contributed by atoms with Crippen molar-refractivity contribution in [2.45, 2.75) is 17.5 Å². The van der Waals surface area contributed by atoms with E-state index in [0.717, 1.165) is 18.2 Å². The molecule has 0 saturated heterocycles. The Hall–Kier alpha value is -1.40. The van der Waals surface area contributed by atoms with Gasteiger partial charge in [-0.2, -0.15) is 22.0 Å². The van der Waals surface area contributed by atoms with Gasteiger partial charge in [-0.15, -0.1) is 0 Å². The third-order valence-electron chi connectivity index (χ3n) is 2.37. The van der Waals surface area contributed by atoms with Crippen molar-refractivity contribution in [1.29, 1.82) is 0 Å². The Morgan fingerprint density at radius 1 is 1.26 bits per heavy atom. The summed E-state index contributed by atoms with van der Waals surface area (Å²) in [6.07, 6.45) is -10.5. The molecule has 1 atom stereocenters. The zero-order chi connectivity index (χ0) is 18.2. The fourth-order valence-corrected chi connectivity index (χ4v) is 1.97. The molecule has 0 amide bonds. The van der Waals surface area contributed by atoms with Crippen LogP contribution in [0.15, 0.2) is 18.2 Å². The predicted molar refractivity (Wildman–Crippen MR) is 66.7 cm³/mol. The lowest BCUT2D eigenvalue weighted by Gasteiger charge is -2.29. The SMILES string of the molecule is [B]c1ccc(Cl)c(C(=O)OC(C(F)(F)F)C(F)(F)S(=O)(=O)[O-])c1. The van der Waals surface area contributed by atoms with E-state index in [0.29, 0.717) is 0 Å². The van der Waals surface area contributed by atoms with Crippen LogP contribution in [0.2, 0.25) is 5.02 Å². The Kier molecular flexibility index (Phi) is 5.34. The van der Waals surface area contributed by atoms with E-state index in [2.05, 4.69) is 4.74 Å². The molecular weight excluding hydrogens is 373 g/mol. The lowest BCUT2D eigenvalue weighted by Crippen LogP contribution is -2.52. The lowest BCUT2D eigenvalue weighted by molar-refractivity contribution is -0.248. The molecule has 0 aliphatic carbocycles. The number of hydrogen-bond acceptors (Lipinski definition) is 5. The molecule has 0 bridgehead atoms. The van der Waals surface area contributed by atoms with Crippen LogP contribution in [0.3, 0.4) is 0 Å². The van der Waals surface area contributed by atoms with E-state index in [1.807, 2.05) is 0 Å². The minimum Gasteiger partial charge on any atom is -0.743 e. The fraction of sp³-hybridized carbons (Fsp3) is 0.300. The van der Waals surface area contributed by atoms with Crippen molar-refractivity contribution >= 4 is 41.0 Å². The maximum absolute atomic E-state index is 13.2. The molecule has 0 spiro atoms. The Labute approximate surface area is 132 Å². The van der Waals surface area contributed by atoms with Crippen LogP contribution < -0.4 is 5.46 Å². The average molecular weight is 377 g/mol. The van der Waals surface area contributed by atoms with E-state index < -0.39 is 44.2 Å². The number of rotatable bonds is 4. The smallest absolute Gasteiger partial charge is 0.432 e. The Morgan fingerprint density at radius 2 is 1.78 bits per heavy atom. The summed E-state index contributed by atoms with van der Waals surface area (Å²) in [6, 6.07) is 2.84. The Balaban J connectivity index is 3.28. The highest BCUT2D eigenvalue weighted by molar-refractivity contribution is 7.86. The zero-order valence-electron chi connectivity index (χ0n) is 10.6. The van der Waals surface area contributed by atoms with Gasteiger partial charge >= 0.3 is 17.4 Å². The Bertz CT molecular complexity index is 721. The number of hydrogen-bond donors (Lipinski definition) is 0. The van der Waals surface area contributed by atoms with Gasteiger partial charge in [0.25, 0.3) is 6.10 Å². The minimum atomic E-state index is -6.77. The van der Waals surface area contributed by atoms with Crippen LogP contribution in [0, 0.1) is 0 Å². The van der Waals surface area contributed by atoms with Gasteiger partial charge in [0.2, 0.25) is 0 Å². The van der Waals surface area contributed by atoms with Crippen molar-refractivity contribution in [3.05, 3.63) is 28.8 Å². The van der Waals surface area contributed by atoms with Crippen molar-refractivity contribution in [2.24, 2.45) is 0 Å². The van der Waals surface area contributed by atoms with Crippen LogP contribution in [-0.2, 0) is 14.9 Å². The molecule has 0 aromatic heterocycles. The van der Waals surface area contributed by atoms with E-state index in [1.54, 1.807) is 0 Å². The van der Waals surface area contributed by atoms with Crippen LogP contribution in [0.1, 0.15) is 10.4 Å². The first-order valence-corrected chi connectivity index (χ1v) is 7.12. The van der Waals surface area contributed by atoms with E-state index in [9.17, 15) is 39.7 Å². The second-order valence-corrected chi connectivity index (χ2v) is 5.94. The van der Waals surface area contributed by atoms with E-state index in [1.165, 1.54) is 0 Å². The summed E-state index contributed by atoms with van der Waals surface area (Å²) in [5.41, 5.74) is -0.979. The molecule has 0 saturated carbocycles. The number of halogens is 6. The van der Waals surface area contributed by atoms with Crippen LogP contribution in [0.4, 0.5) is 22.0 Å². The standard InChI is InChI=1S/C10H5BClF5O5S/c11-4-1-2-6(12)5(3-4)7(18)22-8(9(13,14)15)10(16,17)23(19,20)21/h1-3,8H,(H,19,20,21)/p-1. The fourth-order valence-electron chi connectivity index (χ4n) is 1.33. The number of ether oxygens (including phenoxy) is 1. The van der Waals surface area contributed by atoms with E-state index in [-0.39, 0.29) is 5.46 Å². The molecule has 1 aromatic carbocycles. The summed E-state index contributed by atoms with van der Waals surface area (Å²) in [5.74, 6) is -2.03. The Morgan fingerprint density at radius 3 is 2.22 bits per heavy atom. The van der Waals surface area contributed by atoms with Crippen LogP contribution in [0.5, 0.6) is 0 Å². The number of carbonyl (C=O) groups is 1. The first-order chi connectivity index (χ1) is 10.2. The number of esters is 1. The lowest BCUT2D eigenvalue weighted by atomic mass is 9.94. The molecule has 126 valence electrons. The van der Waals surface area contributed by atoms with Gasteiger partial charge < -0.3 is 9.29 Å². The molecule has 5 nitrogen and oxygen atoms in total. The van der Waals surface area contributed by atoms with Gasteiger partial charge in [0.1, 0.15) is 7.85 Å². The summed E-state index contributed by atoms with van der Waals surface area (Å²) < 4.78 is 98.6. The molecule has 0 heterocycles. The first kappa shape index (κ1) is 19.7. The molecule has 1 unspecified atom stereocenters. The van der Waals surface area contributed by atoms with Gasteiger partial charge in [0.15, 0.2) is 10.1 Å². The number of alkyl halides is 5. The van der Waals surface area contributed by atoms with Crippen molar-refractivity contribution in [1.82, 2.24) is 0 Å².